The third kappa shape index (κ3) is 1.86. The van der Waals surface area contributed by atoms with Crippen molar-refractivity contribution in [1.29, 1.82) is 0 Å². The molecule has 0 aromatic carbocycles. The van der Waals surface area contributed by atoms with Crippen LogP contribution in [0.4, 0.5) is 0 Å². The molecule has 2 N–H and O–H groups in total. The van der Waals surface area contributed by atoms with Crippen molar-refractivity contribution < 1.29 is 15.0 Å². The number of aliphatic hydroxyl groups is 1. The first-order valence-corrected chi connectivity index (χ1v) is 5.33. The summed E-state index contributed by atoms with van der Waals surface area (Å²) in [6.45, 7) is 1.55. The summed E-state index contributed by atoms with van der Waals surface area (Å²) in [4.78, 5) is 15.2. The lowest BCUT2D eigenvalue weighted by Gasteiger charge is -2.11. The Morgan fingerprint density at radius 1 is 1.56 bits per heavy atom. The molecule has 0 aliphatic heterocycles. The number of carbonyl (C=O) groups is 1. The highest BCUT2D eigenvalue weighted by molar-refractivity contribution is 5.91. The van der Waals surface area contributed by atoms with Gasteiger partial charge < -0.3 is 14.8 Å². The first-order valence-electron chi connectivity index (χ1n) is 5.33. The second-order valence-corrected chi connectivity index (χ2v) is 3.93. The third-order valence-electron chi connectivity index (χ3n) is 2.61. The molecular formula is C10H13N5O3. The molecule has 2 heterocycles. The number of aromatic carboxylic acids is 1. The summed E-state index contributed by atoms with van der Waals surface area (Å²) >= 11 is 0. The Morgan fingerprint density at radius 2 is 2.28 bits per heavy atom. The van der Waals surface area contributed by atoms with Crippen molar-refractivity contribution in [3.8, 4) is 11.5 Å². The van der Waals surface area contributed by atoms with E-state index in [1.807, 2.05) is 0 Å². The molecule has 8 heteroatoms. The van der Waals surface area contributed by atoms with E-state index in [0.29, 0.717) is 5.82 Å². The van der Waals surface area contributed by atoms with E-state index < -0.39 is 5.97 Å². The van der Waals surface area contributed by atoms with E-state index >= 15 is 0 Å². The minimum Gasteiger partial charge on any atom is -0.476 e. The monoisotopic (exact) mass is 251 g/mol. The minimum absolute atomic E-state index is 0.167. The Kier molecular flexibility index (Phi) is 3.11. The van der Waals surface area contributed by atoms with Gasteiger partial charge in [0.05, 0.1) is 12.6 Å². The van der Waals surface area contributed by atoms with Crippen molar-refractivity contribution in [3.63, 3.8) is 0 Å². The lowest BCUT2D eigenvalue weighted by Crippen LogP contribution is -2.14. The molecule has 0 saturated heterocycles. The summed E-state index contributed by atoms with van der Waals surface area (Å²) in [6, 6.07) is -0.378. The van der Waals surface area contributed by atoms with Crippen LogP contribution in [0.25, 0.3) is 11.5 Å². The van der Waals surface area contributed by atoms with E-state index in [0.717, 1.165) is 0 Å². The summed E-state index contributed by atoms with van der Waals surface area (Å²) in [6.07, 6.45) is 3.25. The topological polar surface area (TPSA) is 106 Å². The number of aromatic nitrogens is 5. The number of carboxylic acid groups (broad SMARTS) is 1. The van der Waals surface area contributed by atoms with E-state index in [2.05, 4.69) is 15.3 Å². The van der Waals surface area contributed by atoms with Gasteiger partial charge in [-0.25, -0.2) is 14.5 Å². The Labute approximate surface area is 102 Å². The summed E-state index contributed by atoms with van der Waals surface area (Å²) in [5.41, 5.74) is 0.112. The minimum atomic E-state index is -1.18. The summed E-state index contributed by atoms with van der Waals surface area (Å²) in [5, 5.41) is 25.7. The van der Waals surface area contributed by atoms with Gasteiger partial charge in [-0.05, 0) is 6.92 Å². The zero-order valence-corrected chi connectivity index (χ0v) is 9.98. The molecule has 2 rings (SSSR count). The zero-order valence-electron chi connectivity index (χ0n) is 9.98. The molecule has 0 aliphatic carbocycles. The third-order valence-corrected chi connectivity index (χ3v) is 2.61. The molecule has 0 amide bonds. The molecular weight excluding hydrogens is 238 g/mol. The van der Waals surface area contributed by atoms with Crippen LogP contribution in [0.15, 0.2) is 12.4 Å². The number of aryl methyl sites for hydroxylation is 1. The first-order chi connectivity index (χ1) is 8.56. The first kappa shape index (κ1) is 12.2. The molecule has 2 aromatic rings. The fourth-order valence-electron chi connectivity index (χ4n) is 1.63. The lowest BCUT2D eigenvalue weighted by atomic mass is 10.2. The normalized spacial score (nSPS) is 12.6. The molecule has 0 aliphatic rings. The van der Waals surface area contributed by atoms with Crippen molar-refractivity contribution in [1.82, 2.24) is 24.5 Å². The van der Waals surface area contributed by atoms with Gasteiger partial charge in [-0.1, -0.05) is 5.21 Å². The van der Waals surface area contributed by atoms with Crippen molar-refractivity contribution in [2.24, 2.45) is 7.05 Å². The number of imidazole rings is 1. The molecule has 0 saturated carbocycles. The van der Waals surface area contributed by atoms with Crippen LogP contribution < -0.4 is 0 Å². The highest BCUT2D eigenvalue weighted by atomic mass is 16.4. The molecule has 0 spiro atoms. The smallest absolute Gasteiger partial charge is 0.358 e. The average Bonchev–Trinajstić information content (AvgIpc) is 2.93. The van der Waals surface area contributed by atoms with Gasteiger partial charge in [-0.3, -0.25) is 0 Å². The maximum absolute atomic E-state index is 11.1. The van der Waals surface area contributed by atoms with Gasteiger partial charge in [0.1, 0.15) is 5.69 Å². The van der Waals surface area contributed by atoms with Crippen LogP contribution in [-0.2, 0) is 7.05 Å². The van der Waals surface area contributed by atoms with Crippen LogP contribution in [0.3, 0.4) is 0 Å². The van der Waals surface area contributed by atoms with E-state index in [1.165, 1.54) is 4.68 Å². The molecule has 0 bridgehead atoms. The second-order valence-electron chi connectivity index (χ2n) is 3.93. The SMILES string of the molecule is CC(CO)n1nnc(C(=O)O)c1-c1nccn1C. The summed E-state index contributed by atoms with van der Waals surface area (Å²) in [5.74, 6) is -0.734. The largest absolute Gasteiger partial charge is 0.476 e. The van der Waals surface area contributed by atoms with Crippen LogP contribution in [0, 0.1) is 0 Å². The lowest BCUT2D eigenvalue weighted by molar-refractivity contribution is 0.0691. The fraction of sp³-hybridized carbons (Fsp3) is 0.400. The van der Waals surface area contributed by atoms with E-state index in [4.69, 9.17) is 10.2 Å². The predicted molar refractivity (Wildman–Crippen MR) is 61.0 cm³/mol. The molecule has 2 aromatic heterocycles. The predicted octanol–water partition coefficient (Wildman–Crippen LogP) is -0.0699. The van der Waals surface area contributed by atoms with E-state index in [9.17, 15) is 4.79 Å². The molecule has 18 heavy (non-hydrogen) atoms. The Hall–Kier alpha value is -2.22. The van der Waals surface area contributed by atoms with E-state index in [-0.39, 0.29) is 24.0 Å². The van der Waals surface area contributed by atoms with Gasteiger partial charge in [-0.15, -0.1) is 5.10 Å². The highest BCUT2D eigenvalue weighted by Gasteiger charge is 2.25. The van der Waals surface area contributed by atoms with Crippen LogP contribution in [0.5, 0.6) is 0 Å². The number of hydrogen-bond acceptors (Lipinski definition) is 5. The van der Waals surface area contributed by atoms with Crippen molar-refractivity contribution in [2.45, 2.75) is 13.0 Å². The summed E-state index contributed by atoms with van der Waals surface area (Å²) < 4.78 is 3.04. The maximum Gasteiger partial charge on any atom is 0.358 e. The zero-order chi connectivity index (χ0) is 13.3. The van der Waals surface area contributed by atoms with Gasteiger partial charge in [0.15, 0.2) is 5.82 Å². The number of rotatable bonds is 4. The molecule has 96 valence electrons. The van der Waals surface area contributed by atoms with Crippen molar-refractivity contribution >= 4 is 5.97 Å². The molecule has 0 radical (unpaired) electrons. The average molecular weight is 251 g/mol. The van der Waals surface area contributed by atoms with Gasteiger partial charge in [0.25, 0.3) is 0 Å². The number of carboxylic acids is 1. The Morgan fingerprint density at radius 3 is 2.78 bits per heavy atom. The number of aliphatic hydroxyl groups excluding tert-OH is 1. The van der Waals surface area contributed by atoms with Gasteiger partial charge >= 0.3 is 5.97 Å². The van der Waals surface area contributed by atoms with E-state index in [1.54, 1.807) is 30.9 Å². The highest BCUT2D eigenvalue weighted by Crippen LogP contribution is 2.23. The van der Waals surface area contributed by atoms with Crippen LogP contribution in [0.2, 0.25) is 0 Å². The molecule has 1 atom stereocenters. The maximum atomic E-state index is 11.1. The summed E-state index contributed by atoms with van der Waals surface area (Å²) in [7, 11) is 1.74. The molecule has 0 fully saturated rings. The van der Waals surface area contributed by atoms with Gasteiger partial charge in [0, 0.05) is 19.4 Å². The molecule has 8 nitrogen and oxygen atoms in total. The van der Waals surface area contributed by atoms with Crippen LogP contribution in [0.1, 0.15) is 23.5 Å². The second kappa shape index (κ2) is 4.57. The van der Waals surface area contributed by atoms with Crippen LogP contribution >= 0.6 is 0 Å². The van der Waals surface area contributed by atoms with Gasteiger partial charge in [0.2, 0.25) is 5.69 Å². The number of nitrogens with zero attached hydrogens (tertiary/aromatic N) is 5. The van der Waals surface area contributed by atoms with Crippen LogP contribution in [-0.4, -0.2) is 47.3 Å². The standard InChI is InChI=1S/C10H13N5O3/c1-6(5-16)15-8(7(10(17)18)12-13-15)9-11-3-4-14(9)2/h3-4,6,16H,5H2,1-2H3,(H,17,18). The fourth-order valence-corrected chi connectivity index (χ4v) is 1.63. The van der Waals surface area contributed by atoms with Crippen molar-refractivity contribution in [3.05, 3.63) is 18.1 Å². The Bertz CT molecular complexity index is 574. The van der Waals surface area contributed by atoms with Gasteiger partial charge in [-0.2, -0.15) is 0 Å². The molecule has 1 unspecified atom stereocenters. The number of hydrogen-bond donors (Lipinski definition) is 2. The quantitative estimate of drug-likeness (QED) is 0.787. The Balaban J connectivity index is 2.65. The van der Waals surface area contributed by atoms with Crippen molar-refractivity contribution in [2.75, 3.05) is 6.61 Å².